The Labute approximate surface area is 130 Å². The largest absolute Gasteiger partial charge is 0.497 e. The van der Waals surface area contributed by atoms with Crippen LogP contribution in [0.15, 0.2) is 46.9 Å². The van der Waals surface area contributed by atoms with Gasteiger partial charge in [-0.3, -0.25) is 0 Å². The van der Waals surface area contributed by atoms with E-state index in [1.54, 1.807) is 7.11 Å². The van der Waals surface area contributed by atoms with Crippen molar-refractivity contribution in [3.63, 3.8) is 0 Å². The van der Waals surface area contributed by atoms with Crippen LogP contribution in [0.1, 0.15) is 11.1 Å². The second-order valence-electron chi connectivity index (χ2n) is 3.99. The first-order valence-electron chi connectivity index (χ1n) is 5.83. The SMILES string of the molecule is COc1ccc(Br)c(COc2ccccc2CBr)c1. The monoisotopic (exact) mass is 384 g/mol. The molecule has 0 amide bonds. The minimum Gasteiger partial charge on any atom is -0.497 e. The van der Waals surface area contributed by atoms with E-state index in [-0.39, 0.29) is 0 Å². The first-order valence-corrected chi connectivity index (χ1v) is 7.75. The molecule has 0 saturated heterocycles. The predicted octanol–water partition coefficient (Wildman–Crippen LogP) is 4.93. The number of benzene rings is 2. The number of para-hydroxylation sites is 1. The van der Waals surface area contributed by atoms with E-state index >= 15 is 0 Å². The normalized spacial score (nSPS) is 10.3. The number of halogens is 2. The molecule has 0 fully saturated rings. The molecule has 2 nitrogen and oxygen atoms in total. The van der Waals surface area contributed by atoms with Crippen molar-refractivity contribution in [1.82, 2.24) is 0 Å². The van der Waals surface area contributed by atoms with Gasteiger partial charge in [-0.25, -0.2) is 0 Å². The van der Waals surface area contributed by atoms with Crippen LogP contribution in [0.2, 0.25) is 0 Å². The molecule has 0 saturated carbocycles. The van der Waals surface area contributed by atoms with E-state index in [0.29, 0.717) is 6.61 Å². The Morgan fingerprint density at radius 3 is 2.58 bits per heavy atom. The number of hydrogen-bond donors (Lipinski definition) is 0. The Morgan fingerprint density at radius 2 is 1.84 bits per heavy atom. The fourth-order valence-electron chi connectivity index (χ4n) is 1.70. The van der Waals surface area contributed by atoms with E-state index in [1.165, 1.54) is 0 Å². The lowest BCUT2D eigenvalue weighted by molar-refractivity contribution is 0.302. The number of methoxy groups -OCH3 is 1. The van der Waals surface area contributed by atoms with Crippen molar-refractivity contribution in [2.75, 3.05) is 7.11 Å². The van der Waals surface area contributed by atoms with E-state index in [2.05, 4.69) is 31.9 Å². The summed E-state index contributed by atoms with van der Waals surface area (Å²) in [5.74, 6) is 1.73. The maximum atomic E-state index is 5.88. The highest BCUT2D eigenvalue weighted by molar-refractivity contribution is 9.10. The Kier molecular flexibility index (Phi) is 5.28. The topological polar surface area (TPSA) is 18.5 Å². The molecule has 19 heavy (non-hydrogen) atoms. The first kappa shape index (κ1) is 14.4. The lowest BCUT2D eigenvalue weighted by Crippen LogP contribution is -1.99. The molecule has 2 aromatic carbocycles. The third kappa shape index (κ3) is 3.74. The van der Waals surface area contributed by atoms with Gasteiger partial charge in [-0.05, 0) is 24.3 Å². The van der Waals surface area contributed by atoms with Crippen molar-refractivity contribution >= 4 is 31.9 Å². The van der Waals surface area contributed by atoms with Gasteiger partial charge in [0.15, 0.2) is 0 Å². The molecule has 0 radical (unpaired) electrons. The molecule has 0 unspecified atom stereocenters. The van der Waals surface area contributed by atoms with E-state index in [9.17, 15) is 0 Å². The molecule has 0 N–H and O–H groups in total. The van der Waals surface area contributed by atoms with Gasteiger partial charge in [0.2, 0.25) is 0 Å². The minimum atomic E-state index is 0.502. The second-order valence-corrected chi connectivity index (χ2v) is 5.40. The van der Waals surface area contributed by atoms with Crippen LogP contribution in [0.4, 0.5) is 0 Å². The van der Waals surface area contributed by atoms with Crippen LogP contribution >= 0.6 is 31.9 Å². The smallest absolute Gasteiger partial charge is 0.123 e. The van der Waals surface area contributed by atoms with Crippen LogP contribution in [0.5, 0.6) is 11.5 Å². The molecule has 4 heteroatoms. The molecule has 0 bridgehead atoms. The summed E-state index contributed by atoms with van der Waals surface area (Å²) in [7, 11) is 1.66. The molecule has 0 aliphatic rings. The highest BCUT2D eigenvalue weighted by atomic mass is 79.9. The van der Waals surface area contributed by atoms with Gasteiger partial charge in [0.25, 0.3) is 0 Å². The van der Waals surface area contributed by atoms with Crippen molar-refractivity contribution in [1.29, 1.82) is 0 Å². The maximum Gasteiger partial charge on any atom is 0.123 e. The van der Waals surface area contributed by atoms with Gasteiger partial charge in [0, 0.05) is 20.9 Å². The molecule has 0 atom stereocenters. The standard InChI is InChI=1S/C15H14Br2O2/c1-18-13-6-7-14(17)12(8-13)10-19-15-5-3-2-4-11(15)9-16/h2-8H,9-10H2,1H3. The van der Waals surface area contributed by atoms with Crippen LogP contribution in [0.25, 0.3) is 0 Å². The Bertz CT molecular complexity index is 556. The number of ether oxygens (including phenoxy) is 2. The average molecular weight is 386 g/mol. The Balaban J connectivity index is 2.14. The summed E-state index contributed by atoms with van der Waals surface area (Å²) in [5.41, 5.74) is 2.20. The summed E-state index contributed by atoms with van der Waals surface area (Å²) in [6, 6.07) is 13.9. The quantitative estimate of drug-likeness (QED) is 0.679. The van der Waals surface area contributed by atoms with Crippen molar-refractivity contribution < 1.29 is 9.47 Å². The molecule has 100 valence electrons. The highest BCUT2D eigenvalue weighted by Gasteiger charge is 2.05. The fourth-order valence-corrected chi connectivity index (χ4v) is 2.52. The number of hydrogen-bond acceptors (Lipinski definition) is 2. The maximum absolute atomic E-state index is 5.88. The summed E-state index contributed by atoms with van der Waals surface area (Å²) in [5, 5.41) is 0.780. The van der Waals surface area contributed by atoms with Gasteiger partial charge >= 0.3 is 0 Å². The average Bonchev–Trinajstić information content (AvgIpc) is 2.46. The number of alkyl halides is 1. The van der Waals surface area contributed by atoms with Crippen molar-refractivity contribution in [3.8, 4) is 11.5 Å². The van der Waals surface area contributed by atoms with E-state index < -0.39 is 0 Å². The fraction of sp³-hybridized carbons (Fsp3) is 0.200. The zero-order valence-corrected chi connectivity index (χ0v) is 13.7. The molecule has 0 aromatic heterocycles. The summed E-state index contributed by atoms with van der Waals surface area (Å²) < 4.78 is 12.1. The van der Waals surface area contributed by atoms with Gasteiger partial charge in [-0.15, -0.1) is 0 Å². The summed E-state index contributed by atoms with van der Waals surface area (Å²) in [6.07, 6.45) is 0. The number of rotatable bonds is 5. The van der Waals surface area contributed by atoms with Gasteiger partial charge in [0.05, 0.1) is 7.11 Å². The third-order valence-electron chi connectivity index (χ3n) is 2.75. The van der Waals surface area contributed by atoms with Crippen molar-refractivity contribution in [2.24, 2.45) is 0 Å². The van der Waals surface area contributed by atoms with Crippen LogP contribution in [0, 0.1) is 0 Å². The zero-order chi connectivity index (χ0) is 13.7. The Hall–Kier alpha value is -1.00. The van der Waals surface area contributed by atoms with Crippen LogP contribution < -0.4 is 9.47 Å². The lowest BCUT2D eigenvalue weighted by atomic mass is 10.2. The summed E-state index contributed by atoms with van der Waals surface area (Å²) in [6.45, 7) is 0.502. The molecule has 2 rings (SSSR count). The first-order chi connectivity index (χ1) is 9.24. The van der Waals surface area contributed by atoms with Crippen molar-refractivity contribution in [2.45, 2.75) is 11.9 Å². The van der Waals surface area contributed by atoms with Gasteiger partial charge in [-0.1, -0.05) is 50.1 Å². The van der Waals surface area contributed by atoms with Crippen molar-refractivity contribution in [3.05, 3.63) is 58.1 Å². The third-order valence-corrected chi connectivity index (χ3v) is 4.13. The summed E-state index contributed by atoms with van der Waals surface area (Å²) in [4.78, 5) is 0. The van der Waals surface area contributed by atoms with Crippen LogP contribution in [-0.4, -0.2) is 7.11 Å². The van der Waals surface area contributed by atoms with Gasteiger partial charge in [-0.2, -0.15) is 0 Å². The lowest BCUT2D eigenvalue weighted by Gasteiger charge is -2.12. The molecular formula is C15H14Br2O2. The van der Waals surface area contributed by atoms with E-state index in [0.717, 1.165) is 32.4 Å². The second kappa shape index (κ2) is 6.96. The molecular weight excluding hydrogens is 372 g/mol. The molecule has 0 aliphatic heterocycles. The molecule has 2 aromatic rings. The minimum absolute atomic E-state index is 0.502. The van der Waals surface area contributed by atoms with Gasteiger partial charge in [0.1, 0.15) is 18.1 Å². The molecule has 0 spiro atoms. The van der Waals surface area contributed by atoms with Gasteiger partial charge < -0.3 is 9.47 Å². The predicted molar refractivity (Wildman–Crippen MR) is 84.1 cm³/mol. The van der Waals surface area contributed by atoms with Crippen LogP contribution in [-0.2, 0) is 11.9 Å². The van der Waals surface area contributed by atoms with E-state index in [4.69, 9.17) is 9.47 Å². The zero-order valence-electron chi connectivity index (χ0n) is 10.5. The molecule has 0 heterocycles. The highest BCUT2D eigenvalue weighted by Crippen LogP contribution is 2.26. The van der Waals surface area contributed by atoms with Crippen LogP contribution in [0.3, 0.4) is 0 Å². The Morgan fingerprint density at radius 1 is 1.05 bits per heavy atom. The van der Waals surface area contributed by atoms with E-state index in [1.807, 2.05) is 42.5 Å². The summed E-state index contributed by atoms with van der Waals surface area (Å²) >= 11 is 6.99. The molecule has 0 aliphatic carbocycles.